The molecule has 0 saturated heterocycles. The third-order valence-electron chi connectivity index (χ3n) is 0.821. The Kier molecular flexibility index (Phi) is 7.05. The summed E-state index contributed by atoms with van der Waals surface area (Å²) in [5, 5.41) is 2.93. The Morgan fingerprint density at radius 2 is 2.22 bits per heavy atom. The lowest BCUT2D eigenvalue weighted by Gasteiger charge is -1.87. The van der Waals surface area contributed by atoms with Crippen LogP contribution in [0.4, 0.5) is 0 Å². The molecule has 2 nitrogen and oxygen atoms in total. The van der Waals surface area contributed by atoms with Gasteiger partial charge >= 0.3 is 0 Å². The van der Waals surface area contributed by atoms with Gasteiger partial charge in [-0.2, -0.15) is 0 Å². The van der Waals surface area contributed by atoms with Gasteiger partial charge in [0.2, 0.25) is 0 Å². The normalized spacial score (nSPS) is 8.22. The molecule has 0 aliphatic heterocycles. The van der Waals surface area contributed by atoms with E-state index in [1.54, 1.807) is 7.11 Å². The molecule has 2 heteroatoms. The summed E-state index contributed by atoms with van der Waals surface area (Å²) in [7, 11) is 3.56. The van der Waals surface area contributed by atoms with Gasteiger partial charge in [0.15, 0.2) is 0 Å². The SMILES string of the molecule is CNCC#CCCOC. The van der Waals surface area contributed by atoms with E-state index in [2.05, 4.69) is 17.2 Å². The molecule has 0 radical (unpaired) electrons. The van der Waals surface area contributed by atoms with Crippen molar-refractivity contribution in [3.8, 4) is 11.8 Å². The van der Waals surface area contributed by atoms with Crippen LogP contribution in [0.3, 0.4) is 0 Å². The van der Waals surface area contributed by atoms with Gasteiger partial charge in [-0.15, -0.1) is 0 Å². The Labute approximate surface area is 56.6 Å². The molecule has 0 heterocycles. The smallest absolute Gasteiger partial charge is 0.0574 e. The van der Waals surface area contributed by atoms with Crippen molar-refractivity contribution in [3.05, 3.63) is 0 Å². The zero-order valence-corrected chi connectivity index (χ0v) is 6.03. The average molecular weight is 127 g/mol. The third kappa shape index (κ3) is 7.48. The molecule has 0 fully saturated rings. The van der Waals surface area contributed by atoms with Crippen LogP contribution in [0, 0.1) is 11.8 Å². The molecule has 0 aliphatic carbocycles. The molecule has 0 atom stereocenters. The van der Waals surface area contributed by atoms with Crippen LogP contribution in [-0.4, -0.2) is 27.3 Å². The zero-order valence-electron chi connectivity index (χ0n) is 6.03. The number of hydrogen-bond acceptors (Lipinski definition) is 2. The topological polar surface area (TPSA) is 21.3 Å². The molecular weight excluding hydrogens is 114 g/mol. The minimum Gasteiger partial charge on any atom is -0.384 e. The van der Waals surface area contributed by atoms with Crippen molar-refractivity contribution < 1.29 is 4.74 Å². The van der Waals surface area contributed by atoms with Gasteiger partial charge in [-0.05, 0) is 7.05 Å². The molecule has 0 amide bonds. The summed E-state index contributed by atoms with van der Waals surface area (Å²) in [6.07, 6.45) is 0.832. The molecule has 0 aromatic rings. The molecule has 0 aromatic heterocycles. The van der Waals surface area contributed by atoms with Crippen LogP contribution < -0.4 is 5.32 Å². The molecule has 0 aromatic carbocycles. The van der Waals surface area contributed by atoms with E-state index >= 15 is 0 Å². The van der Waals surface area contributed by atoms with E-state index < -0.39 is 0 Å². The van der Waals surface area contributed by atoms with Crippen LogP contribution in [0.5, 0.6) is 0 Å². The molecule has 0 rings (SSSR count). The lowest BCUT2D eigenvalue weighted by molar-refractivity contribution is 0.206. The Balaban J connectivity index is 2.96. The first-order valence-corrected chi connectivity index (χ1v) is 3.01. The quantitative estimate of drug-likeness (QED) is 0.433. The molecule has 0 aliphatic rings. The highest BCUT2D eigenvalue weighted by Crippen LogP contribution is 1.73. The van der Waals surface area contributed by atoms with E-state index in [0.717, 1.165) is 19.6 Å². The molecule has 0 unspecified atom stereocenters. The average Bonchev–Trinajstić information content (AvgIpc) is 1.89. The van der Waals surface area contributed by atoms with Gasteiger partial charge in [0.05, 0.1) is 13.2 Å². The van der Waals surface area contributed by atoms with Crippen molar-refractivity contribution in [2.24, 2.45) is 0 Å². The standard InChI is InChI=1S/C7H13NO/c1-8-6-4-3-5-7-9-2/h8H,5-7H2,1-2H3. The monoisotopic (exact) mass is 127 g/mol. The summed E-state index contributed by atoms with van der Waals surface area (Å²) in [6.45, 7) is 1.50. The van der Waals surface area contributed by atoms with E-state index in [1.165, 1.54) is 0 Å². The second kappa shape index (κ2) is 7.48. The Bertz CT molecular complexity index is 101. The Morgan fingerprint density at radius 1 is 1.44 bits per heavy atom. The van der Waals surface area contributed by atoms with Crippen molar-refractivity contribution >= 4 is 0 Å². The number of ether oxygens (including phenoxy) is 1. The summed E-state index contributed by atoms with van der Waals surface area (Å²) in [5.41, 5.74) is 0. The first-order chi connectivity index (χ1) is 4.41. The maximum atomic E-state index is 4.80. The van der Waals surface area contributed by atoms with Crippen LogP contribution in [0.2, 0.25) is 0 Å². The van der Waals surface area contributed by atoms with Crippen molar-refractivity contribution in [2.45, 2.75) is 6.42 Å². The van der Waals surface area contributed by atoms with E-state index in [4.69, 9.17) is 4.74 Å². The highest BCUT2D eigenvalue weighted by molar-refractivity contribution is 5.00. The van der Waals surface area contributed by atoms with Gasteiger partial charge in [-0.3, -0.25) is 0 Å². The maximum absolute atomic E-state index is 4.80. The van der Waals surface area contributed by atoms with Crippen LogP contribution >= 0.6 is 0 Å². The molecular formula is C7H13NO. The van der Waals surface area contributed by atoms with Crippen LogP contribution in [0.25, 0.3) is 0 Å². The molecule has 9 heavy (non-hydrogen) atoms. The summed E-state index contributed by atoms with van der Waals surface area (Å²) >= 11 is 0. The predicted molar refractivity (Wildman–Crippen MR) is 38.2 cm³/mol. The lowest BCUT2D eigenvalue weighted by Crippen LogP contribution is -2.04. The van der Waals surface area contributed by atoms with Gasteiger partial charge in [0.1, 0.15) is 0 Å². The summed E-state index contributed by atoms with van der Waals surface area (Å²) in [4.78, 5) is 0. The highest BCUT2D eigenvalue weighted by atomic mass is 16.5. The summed E-state index contributed by atoms with van der Waals surface area (Å²) < 4.78 is 4.80. The molecule has 52 valence electrons. The highest BCUT2D eigenvalue weighted by Gasteiger charge is 1.73. The van der Waals surface area contributed by atoms with Crippen molar-refractivity contribution in [2.75, 3.05) is 27.3 Å². The van der Waals surface area contributed by atoms with Gasteiger partial charge < -0.3 is 10.1 Å². The Hall–Kier alpha value is -0.520. The maximum Gasteiger partial charge on any atom is 0.0574 e. The molecule has 0 saturated carbocycles. The van der Waals surface area contributed by atoms with Crippen molar-refractivity contribution in [1.29, 1.82) is 0 Å². The molecule has 1 N–H and O–H groups in total. The molecule has 0 spiro atoms. The van der Waals surface area contributed by atoms with Gasteiger partial charge in [0.25, 0.3) is 0 Å². The minimum atomic E-state index is 0.733. The summed E-state index contributed by atoms with van der Waals surface area (Å²) in [5.74, 6) is 5.88. The number of rotatable bonds is 3. The first kappa shape index (κ1) is 8.48. The molecule has 0 bridgehead atoms. The number of methoxy groups -OCH3 is 1. The first-order valence-electron chi connectivity index (χ1n) is 3.01. The number of hydrogen-bond donors (Lipinski definition) is 1. The van der Waals surface area contributed by atoms with Crippen LogP contribution in [-0.2, 0) is 4.74 Å². The Morgan fingerprint density at radius 3 is 2.78 bits per heavy atom. The fourth-order valence-corrected chi connectivity index (χ4v) is 0.392. The predicted octanol–water partition coefficient (Wildman–Crippen LogP) is 0.246. The minimum absolute atomic E-state index is 0.733. The van der Waals surface area contributed by atoms with Crippen molar-refractivity contribution in [3.63, 3.8) is 0 Å². The van der Waals surface area contributed by atoms with Crippen LogP contribution in [0.1, 0.15) is 6.42 Å². The van der Waals surface area contributed by atoms with Gasteiger partial charge in [-0.25, -0.2) is 0 Å². The van der Waals surface area contributed by atoms with E-state index in [0.29, 0.717) is 0 Å². The van der Waals surface area contributed by atoms with Crippen LogP contribution in [0.15, 0.2) is 0 Å². The third-order valence-corrected chi connectivity index (χ3v) is 0.821. The van der Waals surface area contributed by atoms with E-state index in [-0.39, 0.29) is 0 Å². The number of nitrogens with one attached hydrogen (secondary N) is 1. The van der Waals surface area contributed by atoms with Crippen molar-refractivity contribution in [1.82, 2.24) is 5.32 Å². The fourth-order valence-electron chi connectivity index (χ4n) is 0.392. The van der Waals surface area contributed by atoms with Gasteiger partial charge in [-0.1, -0.05) is 11.8 Å². The van der Waals surface area contributed by atoms with E-state index in [1.807, 2.05) is 7.05 Å². The second-order valence-electron chi connectivity index (χ2n) is 1.63. The zero-order chi connectivity index (χ0) is 6.95. The second-order valence-corrected chi connectivity index (χ2v) is 1.63. The summed E-state index contributed by atoms with van der Waals surface area (Å²) in [6, 6.07) is 0. The lowest BCUT2D eigenvalue weighted by atomic mass is 10.4. The largest absolute Gasteiger partial charge is 0.384 e. The van der Waals surface area contributed by atoms with E-state index in [9.17, 15) is 0 Å². The fraction of sp³-hybridized carbons (Fsp3) is 0.714. The van der Waals surface area contributed by atoms with Gasteiger partial charge in [0, 0.05) is 13.5 Å².